The Morgan fingerprint density at radius 3 is 2.62 bits per heavy atom. The van der Waals surface area contributed by atoms with E-state index in [1.807, 2.05) is 31.3 Å². The molecule has 0 saturated carbocycles. The van der Waals surface area contributed by atoms with Gasteiger partial charge in [0.1, 0.15) is 6.04 Å². The maximum atomic E-state index is 12.4. The van der Waals surface area contributed by atoms with Gasteiger partial charge in [-0.25, -0.2) is 4.79 Å². The molecular formula is C20H23N3O3. The maximum Gasteiger partial charge on any atom is 0.420 e. The summed E-state index contributed by atoms with van der Waals surface area (Å²) in [5, 5.41) is 2.90. The second-order valence-corrected chi connectivity index (χ2v) is 6.28. The second-order valence-electron chi connectivity index (χ2n) is 6.28. The zero-order valence-electron chi connectivity index (χ0n) is 15.0. The fraction of sp³-hybridized carbons (Fsp3) is 0.300. The smallest absolute Gasteiger partial charge is 0.408 e. The lowest BCUT2D eigenvalue weighted by Crippen LogP contribution is -2.35. The van der Waals surface area contributed by atoms with Crippen LogP contribution in [0.4, 0.5) is 5.69 Å². The van der Waals surface area contributed by atoms with E-state index in [9.17, 15) is 9.59 Å². The molecule has 1 unspecified atom stereocenters. The Balaban J connectivity index is 1.55. The highest BCUT2D eigenvalue weighted by Crippen LogP contribution is 2.16. The standard InChI is InChI=1S/C20H23N3O3/c1-15(23-17-11-6-7-12-18(17)26-20(23)25)19(24)21-13-8-14-22(2)16-9-4-3-5-10-16/h3-7,9-12,15H,8,13-14H2,1-2H3,(H,21,24). The predicted octanol–water partition coefficient (Wildman–Crippen LogP) is 2.80. The van der Waals surface area contributed by atoms with Crippen molar-refractivity contribution in [1.29, 1.82) is 0 Å². The quantitative estimate of drug-likeness (QED) is 0.663. The number of anilines is 1. The summed E-state index contributed by atoms with van der Waals surface area (Å²) in [4.78, 5) is 26.6. The zero-order valence-corrected chi connectivity index (χ0v) is 15.0. The largest absolute Gasteiger partial charge is 0.420 e. The Morgan fingerprint density at radius 2 is 1.85 bits per heavy atom. The number of amides is 1. The number of aromatic nitrogens is 1. The van der Waals surface area contributed by atoms with Crippen LogP contribution in [-0.2, 0) is 4.79 Å². The van der Waals surface area contributed by atoms with E-state index in [1.165, 1.54) is 4.57 Å². The molecule has 0 bridgehead atoms. The number of para-hydroxylation sites is 3. The van der Waals surface area contributed by atoms with Crippen molar-refractivity contribution in [2.24, 2.45) is 0 Å². The number of hydrogen-bond donors (Lipinski definition) is 1. The van der Waals surface area contributed by atoms with Gasteiger partial charge in [0, 0.05) is 25.8 Å². The van der Waals surface area contributed by atoms with Crippen LogP contribution in [0.25, 0.3) is 11.1 Å². The first kappa shape index (κ1) is 17.8. The third kappa shape index (κ3) is 3.79. The zero-order chi connectivity index (χ0) is 18.5. The summed E-state index contributed by atoms with van der Waals surface area (Å²) in [6.45, 7) is 3.08. The summed E-state index contributed by atoms with van der Waals surface area (Å²) < 4.78 is 6.59. The van der Waals surface area contributed by atoms with Gasteiger partial charge in [-0.3, -0.25) is 9.36 Å². The van der Waals surface area contributed by atoms with Gasteiger partial charge in [0.25, 0.3) is 0 Å². The molecule has 1 N–H and O–H groups in total. The number of carbonyl (C=O) groups is 1. The summed E-state index contributed by atoms with van der Waals surface area (Å²) in [7, 11) is 2.02. The fourth-order valence-electron chi connectivity index (χ4n) is 2.96. The number of oxazole rings is 1. The molecule has 0 aliphatic rings. The van der Waals surface area contributed by atoms with Gasteiger partial charge in [-0.15, -0.1) is 0 Å². The van der Waals surface area contributed by atoms with Crippen LogP contribution < -0.4 is 16.0 Å². The van der Waals surface area contributed by atoms with E-state index in [4.69, 9.17) is 4.42 Å². The van der Waals surface area contributed by atoms with Gasteiger partial charge in [0.2, 0.25) is 5.91 Å². The number of fused-ring (bicyclic) bond motifs is 1. The average molecular weight is 353 g/mol. The van der Waals surface area contributed by atoms with E-state index in [2.05, 4.69) is 22.3 Å². The molecule has 0 aliphatic heterocycles. The third-order valence-corrected chi connectivity index (χ3v) is 4.45. The van der Waals surface area contributed by atoms with E-state index in [0.717, 1.165) is 18.7 Å². The molecular weight excluding hydrogens is 330 g/mol. The molecule has 3 aromatic rings. The summed E-state index contributed by atoms with van der Waals surface area (Å²) >= 11 is 0. The summed E-state index contributed by atoms with van der Waals surface area (Å²) in [5.41, 5.74) is 2.26. The van der Waals surface area contributed by atoms with Gasteiger partial charge < -0.3 is 14.6 Å². The highest BCUT2D eigenvalue weighted by Gasteiger charge is 2.20. The monoisotopic (exact) mass is 353 g/mol. The normalized spacial score (nSPS) is 12.1. The molecule has 1 atom stereocenters. The van der Waals surface area contributed by atoms with E-state index in [0.29, 0.717) is 17.6 Å². The Hall–Kier alpha value is -3.02. The first-order valence-electron chi connectivity index (χ1n) is 8.72. The molecule has 0 radical (unpaired) electrons. The highest BCUT2D eigenvalue weighted by molar-refractivity contribution is 5.82. The van der Waals surface area contributed by atoms with Crippen LogP contribution in [0.5, 0.6) is 0 Å². The van der Waals surface area contributed by atoms with Gasteiger partial charge in [0.15, 0.2) is 5.58 Å². The SMILES string of the molecule is CC(C(=O)NCCCN(C)c1ccccc1)n1c(=O)oc2ccccc21. The minimum atomic E-state index is -0.627. The summed E-state index contributed by atoms with van der Waals surface area (Å²) in [6, 6.07) is 16.6. The molecule has 6 nitrogen and oxygen atoms in total. The van der Waals surface area contributed by atoms with E-state index < -0.39 is 11.8 Å². The molecule has 0 aliphatic carbocycles. The molecule has 0 saturated heterocycles. The molecule has 1 aromatic heterocycles. The van der Waals surface area contributed by atoms with Crippen molar-refractivity contribution in [2.45, 2.75) is 19.4 Å². The van der Waals surface area contributed by atoms with Crippen molar-refractivity contribution in [1.82, 2.24) is 9.88 Å². The minimum absolute atomic E-state index is 0.194. The van der Waals surface area contributed by atoms with E-state index in [-0.39, 0.29) is 5.91 Å². The predicted molar refractivity (Wildman–Crippen MR) is 103 cm³/mol. The first-order chi connectivity index (χ1) is 12.6. The fourth-order valence-corrected chi connectivity index (χ4v) is 2.96. The number of nitrogens with one attached hydrogen (secondary N) is 1. The van der Waals surface area contributed by atoms with Gasteiger partial charge in [-0.05, 0) is 37.6 Å². The molecule has 1 amide bonds. The van der Waals surface area contributed by atoms with Crippen LogP contribution in [0.1, 0.15) is 19.4 Å². The number of carbonyl (C=O) groups excluding carboxylic acids is 1. The first-order valence-corrected chi connectivity index (χ1v) is 8.72. The van der Waals surface area contributed by atoms with Crippen molar-refractivity contribution in [3.05, 3.63) is 65.1 Å². The number of hydrogen-bond acceptors (Lipinski definition) is 4. The molecule has 6 heteroatoms. The topological polar surface area (TPSA) is 67.5 Å². The third-order valence-electron chi connectivity index (χ3n) is 4.45. The van der Waals surface area contributed by atoms with Crippen LogP contribution in [0, 0.1) is 0 Å². The summed E-state index contributed by atoms with van der Waals surface area (Å²) in [5.74, 6) is -0.710. The van der Waals surface area contributed by atoms with E-state index in [1.54, 1.807) is 25.1 Å². The summed E-state index contributed by atoms with van der Waals surface area (Å²) in [6.07, 6.45) is 0.810. The van der Waals surface area contributed by atoms with Gasteiger partial charge in [-0.2, -0.15) is 0 Å². The van der Waals surface area contributed by atoms with Crippen molar-refractivity contribution in [3.8, 4) is 0 Å². The van der Waals surface area contributed by atoms with Gasteiger partial charge >= 0.3 is 5.76 Å². The number of benzene rings is 2. The van der Waals surface area contributed by atoms with Crippen LogP contribution >= 0.6 is 0 Å². The Labute approximate surface area is 152 Å². The molecule has 26 heavy (non-hydrogen) atoms. The number of nitrogens with zero attached hydrogens (tertiary/aromatic N) is 2. The van der Waals surface area contributed by atoms with Crippen LogP contribution in [0.2, 0.25) is 0 Å². The van der Waals surface area contributed by atoms with Crippen molar-refractivity contribution in [3.63, 3.8) is 0 Å². The van der Waals surface area contributed by atoms with Crippen molar-refractivity contribution >= 4 is 22.7 Å². The lowest BCUT2D eigenvalue weighted by molar-refractivity contribution is -0.123. The van der Waals surface area contributed by atoms with Crippen molar-refractivity contribution < 1.29 is 9.21 Å². The van der Waals surface area contributed by atoms with E-state index >= 15 is 0 Å². The minimum Gasteiger partial charge on any atom is -0.408 e. The number of rotatable bonds is 7. The van der Waals surface area contributed by atoms with Crippen molar-refractivity contribution in [2.75, 3.05) is 25.0 Å². The van der Waals surface area contributed by atoms with Gasteiger partial charge in [0.05, 0.1) is 5.52 Å². The average Bonchev–Trinajstić information content (AvgIpc) is 3.00. The molecule has 3 rings (SSSR count). The molecule has 0 spiro atoms. The Kier molecular flexibility index (Phi) is 5.41. The Bertz CT molecular complexity index is 930. The van der Waals surface area contributed by atoms with Crippen LogP contribution in [-0.4, -0.2) is 30.6 Å². The Morgan fingerprint density at radius 1 is 1.15 bits per heavy atom. The molecule has 136 valence electrons. The van der Waals surface area contributed by atoms with Crippen LogP contribution in [0.3, 0.4) is 0 Å². The lowest BCUT2D eigenvalue weighted by atomic mass is 10.2. The van der Waals surface area contributed by atoms with Crippen LogP contribution in [0.15, 0.2) is 63.8 Å². The highest BCUT2D eigenvalue weighted by atomic mass is 16.4. The lowest BCUT2D eigenvalue weighted by Gasteiger charge is -2.19. The van der Waals surface area contributed by atoms with Gasteiger partial charge in [-0.1, -0.05) is 30.3 Å². The molecule has 1 heterocycles. The second kappa shape index (κ2) is 7.91. The molecule has 0 fully saturated rings. The molecule has 2 aromatic carbocycles. The maximum absolute atomic E-state index is 12.4.